The fourth-order valence-corrected chi connectivity index (χ4v) is 4.75. The summed E-state index contributed by atoms with van der Waals surface area (Å²) in [5, 5.41) is 13.8. The third-order valence-corrected chi connectivity index (χ3v) is 6.07. The Kier molecular flexibility index (Phi) is 6.54. The molecule has 0 saturated carbocycles. The van der Waals surface area contributed by atoms with Gasteiger partial charge in [-0.3, -0.25) is 19.7 Å². The van der Waals surface area contributed by atoms with Crippen molar-refractivity contribution < 1.29 is 33.5 Å². The van der Waals surface area contributed by atoms with Crippen molar-refractivity contribution in [2.24, 2.45) is 0 Å². The van der Waals surface area contributed by atoms with Gasteiger partial charge in [0.05, 0.1) is 30.6 Å². The van der Waals surface area contributed by atoms with Gasteiger partial charge in [0, 0.05) is 16.5 Å². The molecule has 2 aromatic rings. The van der Waals surface area contributed by atoms with E-state index in [2.05, 4.69) is 5.32 Å². The number of amides is 1. The third-order valence-electron chi connectivity index (χ3n) is 4.89. The molecule has 0 radical (unpaired) electrons. The molecule has 1 heterocycles. The predicted octanol–water partition coefficient (Wildman–Crippen LogP) is 2.97. The van der Waals surface area contributed by atoms with Gasteiger partial charge in [0.2, 0.25) is 0 Å². The van der Waals surface area contributed by atoms with Crippen LogP contribution < -0.4 is 10.1 Å². The number of carbonyl (C=O) groups excluding carboxylic acids is 3. The number of thiophene rings is 1. The Morgan fingerprint density at radius 2 is 2.00 bits per heavy atom. The summed E-state index contributed by atoms with van der Waals surface area (Å²) in [6.07, 6.45) is 1.10. The first-order valence-electron chi connectivity index (χ1n) is 9.26. The number of fused-ring (bicyclic) bond motifs is 1. The number of esters is 2. The fraction of sp³-hybridized carbons (Fsp3) is 0.350. The molecule has 1 aromatic heterocycles. The Balaban J connectivity index is 1.76. The van der Waals surface area contributed by atoms with Crippen LogP contribution in [0.5, 0.6) is 5.75 Å². The Hall–Kier alpha value is -3.47. The number of rotatable bonds is 7. The quantitative estimate of drug-likeness (QED) is 0.388. The van der Waals surface area contributed by atoms with Gasteiger partial charge in [0.1, 0.15) is 10.8 Å². The van der Waals surface area contributed by atoms with Gasteiger partial charge in [-0.15, -0.1) is 11.3 Å². The van der Waals surface area contributed by atoms with Crippen LogP contribution in [-0.4, -0.2) is 43.6 Å². The molecule has 1 unspecified atom stereocenters. The van der Waals surface area contributed by atoms with E-state index in [0.29, 0.717) is 29.7 Å². The molecule has 0 aliphatic heterocycles. The summed E-state index contributed by atoms with van der Waals surface area (Å²) in [5.41, 5.74) is 1.04. The number of aryl methyl sites for hydroxylation is 2. The van der Waals surface area contributed by atoms with Crippen molar-refractivity contribution in [1.82, 2.24) is 0 Å². The molecule has 10 nitrogen and oxygen atoms in total. The Bertz CT molecular complexity index is 1060. The molecule has 0 spiro atoms. The van der Waals surface area contributed by atoms with E-state index in [-0.39, 0.29) is 22.9 Å². The first-order chi connectivity index (χ1) is 14.8. The molecule has 0 bridgehead atoms. The van der Waals surface area contributed by atoms with E-state index in [9.17, 15) is 24.5 Å². The number of benzene rings is 1. The number of nitro benzene ring substituents is 1. The minimum atomic E-state index is -0.657. The van der Waals surface area contributed by atoms with E-state index < -0.39 is 28.7 Å². The SMILES string of the molecule is COC(=O)c1c(NC(=O)COc2ccc([N+](=O)[O-])c(C)c2)sc2c1C(C(=O)OC)CC2. The van der Waals surface area contributed by atoms with E-state index >= 15 is 0 Å². The van der Waals surface area contributed by atoms with Gasteiger partial charge in [-0.2, -0.15) is 0 Å². The number of methoxy groups -OCH3 is 2. The number of nitrogens with zero attached hydrogens (tertiary/aromatic N) is 1. The Labute approximate surface area is 181 Å². The first-order valence-corrected chi connectivity index (χ1v) is 10.1. The first kappa shape index (κ1) is 22.2. The highest BCUT2D eigenvalue weighted by atomic mass is 32.1. The second-order valence-electron chi connectivity index (χ2n) is 6.79. The molecular weight excluding hydrogens is 428 g/mol. The Morgan fingerprint density at radius 3 is 2.61 bits per heavy atom. The molecule has 164 valence electrons. The van der Waals surface area contributed by atoms with E-state index in [4.69, 9.17) is 14.2 Å². The molecule has 1 N–H and O–H groups in total. The molecule has 31 heavy (non-hydrogen) atoms. The second-order valence-corrected chi connectivity index (χ2v) is 7.90. The molecule has 1 aliphatic rings. The fourth-order valence-electron chi connectivity index (χ4n) is 3.47. The monoisotopic (exact) mass is 448 g/mol. The molecule has 3 rings (SSSR count). The van der Waals surface area contributed by atoms with Crippen molar-refractivity contribution in [3.05, 3.63) is 49.9 Å². The van der Waals surface area contributed by atoms with Gasteiger partial charge in [0.25, 0.3) is 11.6 Å². The number of anilines is 1. The van der Waals surface area contributed by atoms with Gasteiger partial charge >= 0.3 is 11.9 Å². The van der Waals surface area contributed by atoms with E-state index in [1.54, 1.807) is 6.92 Å². The molecule has 1 atom stereocenters. The lowest BCUT2D eigenvalue weighted by molar-refractivity contribution is -0.385. The summed E-state index contributed by atoms with van der Waals surface area (Å²) in [4.78, 5) is 48.1. The van der Waals surface area contributed by atoms with Gasteiger partial charge in [-0.05, 0) is 37.5 Å². The third kappa shape index (κ3) is 4.50. The summed E-state index contributed by atoms with van der Waals surface area (Å²) in [6.45, 7) is 1.19. The average molecular weight is 448 g/mol. The zero-order chi connectivity index (χ0) is 22.7. The number of carbonyl (C=O) groups is 3. The molecule has 1 amide bonds. The second kappa shape index (κ2) is 9.13. The summed E-state index contributed by atoms with van der Waals surface area (Å²) in [7, 11) is 2.50. The summed E-state index contributed by atoms with van der Waals surface area (Å²) >= 11 is 1.21. The highest BCUT2D eigenvalue weighted by Crippen LogP contribution is 2.45. The lowest BCUT2D eigenvalue weighted by Crippen LogP contribution is -2.22. The van der Waals surface area contributed by atoms with Crippen LogP contribution in [0.25, 0.3) is 0 Å². The van der Waals surface area contributed by atoms with Crippen molar-refractivity contribution in [2.75, 3.05) is 26.1 Å². The van der Waals surface area contributed by atoms with E-state index in [1.807, 2.05) is 0 Å². The maximum atomic E-state index is 12.4. The van der Waals surface area contributed by atoms with E-state index in [0.717, 1.165) is 4.88 Å². The van der Waals surface area contributed by atoms with Crippen LogP contribution in [0.1, 0.15) is 38.7 Å². The molecule has 0 saturated heterocycles. The van der Waals surface area contributed by atoms with Crippen LogP contribution in [0.2, 0.25) is 0 Å². The molecule has 11 heteroatoms. The van der Waals surface area contributed by atoms with Crippen LogP contribution >= 0.6 is 11.3 Å². The van der Waals surface area contributed by atoms with Crippen LogP contribution in [-0.2, 0) is 25.5 Å². The minimum absolute atomic E-state index is 0.0483. The van der Waals surface area contributed by atoms with E-state index in [1.165, 1.54) is 43.8 Å². The van der Waals surface area contributed by atoms with Crippen LogP contribution in [0.4, 0.5) is 10.7 Å². The Morgan fingerprint density at radius 1 is 1.26 bits per heavy atom. The number of hydrogen-bond acceptors (Lipinski definition) is 9. The van der Waals surface area contributed by atoms with Gasteiger partial charge in [0.15, 0.2) is 6.61 Å². The molecular formula is C20H20N2O8S. The molecule has 1 aliphatic carbocycles. The summed E-state index contributed by atoms with van der Waals surface area (Å²) in [6, 6.07) is 4.17. The number of ether oxygens (including phenoxy) is 3. The lowest BCUT2D eigenvalue weighted by atomic mass is 9.99. The number of nitrogens with one attached hydrogen (secondary N) is 1. The van der Waals surface area contributed by atoms with Crippen molar-refractivity contribution >= 4 is 39.9 Å². The maximum Gasteiger partial charge on any atom is 0.341 e. The number of nitro groups is 1. The highest BCUT2D eigenvalue weighted by Gasteiger charge is 2.38. The van der Waals surface area contributed by atoms with Gasteiger partial charge < -0.3 is 19.5 Å². The largest absolute Gasteiger partial charge is 0.484 e. The summed E-state index contributed by atoms with van der Waals surface area (Å²) in [5.74, 6) is -1.93. The van der Waals surface area contributed by atoms with Crippen molar-refractivity contribution in [3.63, 3.8) is 0 Å². The summed E-state index contributed by atoms with van der Waals surface area (Å²) < 4.78 is 15.1. The minimum Gasteiger partial charge on any atom is -0.484 e. The van der Waals surface area contributed by atoms with Gasteiger partial charge in [-0.1, -0.05) is 0 Å². The van der Waals surface area contributed by atoms with Gasteiger partial charge in [-0.25, -0.2) is 4.79 Å². The topological polar surface area (TPSA) is 134 Å². The molecule has 1 aromatic carbocycles. The van der Waals surface area contributed by atoms with Crippen molar-refractivity contribution in [2.45, 2.75) is 25.7 Å². The highest BCUT2D eigenvalue weighted by molar-refractivity contribution is 7.17. The standard InChI is InChI=1S/C20H20N2O8S/c1-10-8-11(4-6-13(10)22(26)27)30-9-15(23)21-18-17(20(25)29-3)16-12(19(24)28-2)5-7-14(16)31-18/h4,6,8,12H,5,7,9H2,1-3H3,(H,21,23). The maximum absolute atomic E-state index is 12.4. The normalized spacial score (nSPS) is 14.5. The van der Waals surface area contributed by atoms with Crippen LogP contribution in [0.15, 0.2) is 18.2 Å². The predicted molar refractivity (Wildman–Crippen MR) is 111 cm³/mol. The smallest absolute Gasteiger partial charge is 0.341 e. The zero-order valence-corrected chi connectivity index (χ0v) is 17.9. The lowest BCUT2D eigenvalue weighted by Gasteiger charge is -2.12. The van der Waals surface area contributed by atoms with Crippen LogP contribution in [0, 0.1) is 17.0 Å². The zero-order valence-electron chi connectivity index (χ0n) is 17.1. The molecule has 0 fully saturated rings. The van der Waals surface area contributed by atoms with Crippen LogP contribution in [0.3, 0.4) is 0 Å². The number of hydrogen-bond donors (Lipinski definition) is 1. The van der Waals surface area contributed by atoms with Crippen molar-refractivity contribution in [3.8, 4) is 5.75 Å². The average Bonchev–Trinajstić information content (AvgIpc) is 3.29. The van der Waals surface area contributed by atoms with Crippen molar-refractivity contribution in [1.29, 1.82) is 0 Å².